The highest BCUT2D eigenvalue weighted by Crippen LogP contribution is 2.26. The molecule has 1 N–H and O–H groups in total. The molecule has 6 heteroatoms. The van der Waals surface area contributed by atoms with Gasteiger partial charge in [0.1, 0.15) is 5.75 Å². The molecule has 6 nitrogen and oxygen atoms in total. The standard InChI is InChI=1S/C16H20N4O2/c1-22-12-2-3-13-14(10-12)17-18-15(13)16(21)20-9-8-19-6-4-11(20)5-7-19/h2-3,10-11H,4-9H2,1H3,(H,17,18). The van der Waals surface area contributed by atoms with Crippen LogP contribution >= 0.6 is 0 Å². The number of benzene rings is 1. The first-order valence-corrected chi connectivity index (χ1v) is 7.81. The summed E-state index contributed by atoms with van der Waals surface area (Å²) in [7, 11) is 1.63. The molecule has 0 unspecified atom stereocenters. The maximum absolute atomic E-state index is 13.0. The Labute approximate surface area is 129 Å². The fraction of sp³-hybridized carbons (Fsp3) is 0.500. The van der Waals surface area contributed by atoms with Crippen molar-refractivity contribution in [2.24, 2.45) is 0 Å². The lowest BCUT2D eigenvalue weighted by atomic mass is 10.0. The van der Waals surface area contributed by atoms with Gasteiger partial charge in [-0.1, -0.05) is 0 Å². The SMILES string of the molecule is COc1ccc2c(C(=O)N3CCN4CCC3CC4)n[nH]c2c1. The van der Waals surface area contributed by atoms with Crippen molar-refractivity contribution in [1.29, 1.82) is 0 Å². The van der Waals surface area contributed by atoms with Crippen LogP contribution in [-0.4, -0.2) is 65.2 Å². The van der Waals surface area contributed by atoms with E-state index in [2.05, 4.69) is 15.1 Å². The van der Waals surface area contributed by atoms with Gasteiger partial charge in [-0.05, 0) is 25.0 Å². The Hall–Kier alpha value is -2.08. The van der Waals surface area contributed by atoms with Crippen molar-refractivity contribution in [3.05, 3.63) is 23.9 Å². The van der Waals surface area contributed by atoms with Crippen molar-refractivity contribution >= 4 is 16.8 Å². The smallest absolute Gasteiger partial charge is 0.275 e. The number of fused-ring (bicyclic) bond motifs is 5. The molecule has 1 aromatic carbocycles. The van der Waals surface area contributed by atoms with Crippen LogP contribution in [0, 0.1) is 0 Å². The first-order valence-electron chi connectivity index (χ1n) is 7.81. The van der Waals surface area contributed by atoms with Crippen LogP contribution in [0.3, 0.4) is 0 Å². The Bertz CT molecular complexity index is 703. The van der Waals surface area contributed by atoms with E-state index in [1.165, 1.54) is 0 Å². The monoisotopic (exact) mass is 300 g/mol. The number of nitrogens with one attached hydrogen (secondary N) is 1. The Morgan fingerprint density at radius 3 is 2.86 bits per heavy atom. The molecule has 116 valence electrons. The van der Waals surface area contributed by atoms with Gasteiger partial charge in [0.2, 0.25) is 0 Å². The normalized spacial score (nSPS) is 24.5. The van der Waals surface area contributed by atoms with Crippen molar-refractivity contribution in [2.45, 2.75) is 18.9 Å². The molecular formula is C16H20N4O2. The summed E-state index contributed by atoms with van der Waals surface area (Å²) in [5, 5.41) is 8.09. The van der Waals surface area contributed by atoms with Gasteiger partial charge < -0.3 is 14.5 Å². The van der Waals surface area contributed by atoms with E-state index in [0.717, 1.165) is 55.7 Å². The van der Waals surface area contributed by atoms with Crippen LogP contribution in [0.5, 0.6) is 5.75 Å². The van der Waals surface area contributed by atoms with Gasteiger partial charge in [0.05, 0.1) is 12.6 Å². The van der Waals surface area contributed by atoms with Crippen LogP contribution in [0.4, 0.5) is 0 Å². The molecule has 0 aliphatic carbocycles. The van der Waals surface area contributed by atoms with Gasteiger partial charge in [0.15, 0.2) is 5.69 Å². The third kappa shape index (κ3) is 2.14. The molecule has 3 aliphatic rings. The summed E-state index contributed by atoms with van der Waals surface area (Å²) in [6.45, 7) is 3.98. The van der Waals surface area contributed by atoms with Crippen molar-refractivity contribution in [2.75, 3.05) is 33.3 Å². The van der Waals surface area contributed by atoms with Gasteiger partial charge in [0, 0.05) is 43.7 Å². The number of aromatic amines is 1. The molecule has 3 fully saturated rings. The van der Waals surface area contributed by atoms with Crippen LogP contribution in [0.2, 0.25) is 0 Å². The zero-order chi connectivity index (χ0) is 15.1. The van der Waals surface area contributed by atoms with E-state index in [1.807, 2.05) is 23.1 Å². The van der Waals surface area contributed by atoms with E-state index < -0.39 is 0 Å². The number of H-pyrrole nitrogens is 1. The van der Waals surface area contributed by atoms with Gasteiger partial charge in [-0.25, -0.2) is 0 Å². The predicted molar refractivity (Wildman–Crippen MR) is 83.1 cm³/mol. The zero-order valence-electron chi connectivity index (χ0n) is 12.7. The van der Waals surface area contributed by atoms with Gasteiger partial charge in [-0.2, -0.15) is 5.10 Å². The third-order valence-corrected chi connectivity index (χ3v) is 4.89. The first kappa shape index (κ1) is 13.6. The highest BCUT2D eigenvalue weighted by atomic mass is 16.5. The Kier molecular flexibility index (Phi) is 3.26. The maximum Gasteiger partial charge on any atom is 0.275 e. The molecule has 0 radical (unpaired) electrons. The molecular weight excluding hydrogens is 280 g/mol. The van der Waals surface area contributed by atoms with Crippen molar-refractivity contribution in [3.8, 4) is 5.75 Å². The number of nitrogens with zero attached hydrogens (tertiary/aromatic N) is 3. The van der Waals surface area contributed by atoms with Gasteiger partial charge in [-0.3, -0.25) is 9.89 Å². The van der Waals surface area contributed by atoms with Crippen molar-refractivity contribution < 1.29 is 9.53 Å². The number of piperidine rings is 1. The Morgan fingerprint density at radius 1 is 1.27 bits per heavy atom. The van der Waals surface area contributed by atoms with Crippen molar-refractivity contribution in [3.63, 3.8) is 0 Å². The van der Waals surface area contributed by atoms with E-state index >= 15 is 0 Å². The van der Waals surface area contributed by atoms with Crippen LogP contribution in [0.15, 0.2) is 18.2 Å². The number of ether oxygens (including phenoxy) is 1. The zero-order valence-corrected chi connectivity index (χ0v) is 12.7. The lowest BCUT2D eigenvalue weighted by Crippen LogP contribution is -2.41. The van der Waals surface area contributed by atoms with E-state index in [9.17, 15) is 4.79 Å². The van der Waals surface area contributed by atoms with Crippen LogP contribution in [-0.2, 0) is 0 Å². The minimum absolute atomic E-state index is 0.0465. The average Bonchev–Trinajstić information content (AvgIpc) is 2.74. The third-order valence-electron chi connectivity index (χ3n) is 4.89. The molecule has 1 aromatic heterocycles. The predicted octanol–water partition coefficient (Wildman–Crippen LogP) is 1.49. The van der Waals surface area contributed by atoms with Crippen LogP contribution in [0.1, 0.15) is 23.3 Å². The largest absolute Gasteiger partial charge is 0.497 e. The van der Waals surface area contributed by atoms with E-state index in [0.29, 0.717) is 11.7 Å². The fourth-order valence-electron chi connectivity index (χ4n) is 3.58. The fourth-order valence-corrected chi connectivity index (χ4v) is 3.58. The van der Waals surface area contributed by atoms with E-state index in [4.69, 9.17) is 4.74 Å². The summed E-state index contributed by atoms with van der Waals surface area (Å²) >= 11 is 0. The molecule has 4 heterocycles. The molecule has 1 amide bonds. The molecule has 2 aromatic rings. The number of hydrogen-bond acceptors (Lipinski definition) is 4. The highest BCUT2D eigenvalue weighted by Gasteiger charge is 2.33. The number of methoxy groups -OCH3 is 1. The minimum Gasteiger partial charge on any atom is -0.497 e. The Balaban J connectivity index is 1.67. The highest BCUT2D eigenvalue weighted by molar-refractivity contribution is 6.05. The molecule has 5 rings (SSSR count). The number of carbonyl (C=O) groups is 1. The summed E-state index contributed by atoms with van der Waals surface area (Å²) in [6, 6.07) is 6.01. The summed E-state index contributed by atoms with van der Waals surface area (Å²) < 4.78 is 5.22. The lowest BCUT2D eigenvalue weighted by molar-refractivity contribution is 0.0681. The topological polar surface area (TPSA) is 61.5 Å². The number of amides is 1. The summed E-state index contributed by atoms with van der Waals surface area (Å²) in [4.78, 5) is 17.4. The number of carbonyl (C=O) groups excluding carboxylic acids is 1. The number of rotatable bonds is 2. The maximum atomic E-state index is 13.0. The molecule has 0 atom stereocenters. The summed E-state index contributed by atoms with van der Waals surface area (Å²) in [5.41, 5.74) is 1.36. The average molecular weight is 300 g/mol. The first-order chi connectivity index (χ1) is 10.8. The van der Waals surface area contributed by atoms with Gasteiger partial charge in [0.25, 0.3) is 5.91 Å². The summed E-state index contributed by atoms with van der Waals surface area (Å²) in [5.74, 6) is 0.807. The van der Waals surface area contributed by atoms with Gasteiger partial charge in [-0.15, -0.1) is 0 Å². The number of aromatic nitrogens is 2. The molecule has 22 heavy (non-hydrogen) atoms. The van der Waals surface area contributed by atoms with E-state index in [-0.39, 0.29) is 5.91 Å². The van der Waals surface area contributed by atoms with Crippen molar-refractivity contribution in [1.82, 2.24) is 20.0 Å². The van der Waals surface area contributed by atoms with E-state index in [1.54, 1.807) is 7.11 Å². The summed E-state index contributed by atoms with van der Waals surface area (Å²) in [6.07, 6.45) is 2.14. The van der Waals surface area contributed by atoms with Crippen LogP contribution in [0.25, 0.3) is 10.9 Å². The minimum atomic E-state index is 0.0465. The molecule has 3 aliphatic heterocycles. The molecule has 0 saturated carbocycles. The quantitative estimate of drug-likeness (QED) is 0.913. The number of hydrogen-bond donors (Lipinski definition) is 1. The molecule has 2 bridgehead atoms. The molecule has 0 spiro atoms. The second-order valence-corrected chi connectivity index (χ2v) is 6.06. The molecule has 3 saturated heterocycles. The lowest BCUT2D eigenvalue weighted by Gasteiger charge is -2.31. The van der Waals surface area contributed by atoms with Gasteiger partial charge >= 0.3 is 0 Å². The van der Waals surface area contributed by atoms with Crippen LogP contribution < -0.4 is 4.74 Å². The Morgan fingerprint density at radius 2 is 2.09 bits per heavy atom. The second-order valence-electron chi connectivity index (χ2n) is 6.06. The second kappa shape index (κ2) is 5.28.